The lowest BCUT2D eigenvalue weighted by Crippen LogP contribution is -1.95. The summed E-state index contributed by atoms with van der Waals surface area (Å²) in [6, 6.07) is 16.0. The lowest BCUT2D eigenvalue weighted by Gasteiger charge is -2.07. The van der Waals surface area contributed by atoms with Gasteiger partial charge in [-0.3, -0.25) is 0 Å². The maximum absolute atomic E-state index is 6.31. The minimum Gasteiger partial charge on any atom is -0.247 e. The highest BCUT2D eigenvalue weighted by atomic mass is 79.9. The third-order valence-electron chi connectivity index (χ3n) is 3.21. The van der Waals surface area contributed by atoms with E-state index >= 15 is 0 Å². The van der Waals surface area contributed by atoms with Gasteiger partial charge in [0.05, 0.1) is 10.7 Å². The summed E-state index contributed by atoms with van der Waals surface area (Å²) in [4.78, 5) is 1.19. The Balaban J connectivity index is 1.86. The molecule has 0 aliphatic carbocycles. The third-order valence-corrected chi connectivity index (χ3v) is 5.10. The van der Waals surface area contributed by atoms with Crippen molar-refractivity contribution in [3.63, 3.8) is 0 Å². The molecule has 3 aromatic rings. The summed E-state index contributed by atoms with van der Waals surface area (Å²) in [6.45, 7) is 0. The molecule has 0 unspecified atom stereocenters. The van der Waals surface area contributed by atoms with Crippen molar-refractivity contribution >= 4 is 39.3 Å². The molecule has 22 heavy (non-hydrogen) atoms. The average molecular weight is 395 g/mol. The van der Waals surface area contributed by atoms with Crippen LogP contribution < -0.4 is 0 Å². The highest BCUT2D eigenvalue weighted by Gasteiger charge is 2.15. The standard InChI is InChI=1S/C16H13BrClN3S/c1-21-16(13-4-2-3-5-14(13)18)15(19-20-21)10-22-12-8-6-11(17)7-9-12/h2-9H,10H2,1H3. The van der Waals surface area contributed by atoms with Crippen molar-refractivity contribution in [3.05, 3.63) is 63.7 Å². The fraction of sp³-hybridized carbons (Fsp3) is 0.125. The first-order valence-corrected chi connectivity index (χ1v) is 8.82. The highest BCUT2D eigenvalue weighted by Crippen LogP contribution is 2.32. The number of rotatable bonds is 4. The van der Waals surface area contributed by atoms with E-state index in [-0.39, 0.29) is 0 Å². The summed E-state index contributed by atoms with van der Waals surface area (Å²) in [5.74, 6) is 0.746. The summed E-state index contributed by atoms with van der Waals surface area (Å²) in [7, 11) is 1.89. The van der Waals surface area contributed by atoms with Gasteiger partial charge < -0.3 is 0 Å². The second-order valence-corrected chi connectivity index (χ2v) is 7.10. The zero-order chi connectivity index (χ0) is 15.5. The number of nitrogens with zero attached hydrogens (tertiary/aromatic N) is 3. The van der Waals surface area contributed by atoms with E-state index in [4.69, 9.17) is 11.6 Å². The maximum Gasteiger partial charge on any atom is 0.101 e. The van der Waals surface area contributed by atoms with Gasteiger partial charge in [0, 0.05) is 27.7 Å². The Morgan fingerprint density at radius 2 is 1.86 bits per heavy atom. The Morgan fingerprint density at radius 3 is 2.59 bits per heavy atom. The van der Waals surface area contributed by atoms with E-state index < -0.39 is 0 Å². The van der Waals surface area contributed by atoms with Gasteiger partial charge in [0.15, 0.2) is 0 Å². The van der Waals surface area contributed by atoms with Gasteiger partial charge in [0.2, 0.25) is 0 Å². The molecule has 0 spiro atoms. The van der Waals surface area contributed by atoms with E-state index in [9.17, 15) is 0 Å². The Kier molecular flexibility index (Phi) is 4.86. The van der Waals surface area contributed by atoms with Gasteiger partial charge in [0.1, 0.15) is 5.69 Å². The van der Waals surface area contributed by atoms with Crippen LogP contribution in [0.2, 0.25) is 5.02 Å². The molecule has 0 bridgehead atoms. The molecule has 0 fully saturated rings. The second kappa shape index (κ2) is 6.86. The van der Waals surface area contributed by atoms with Crippen LogP contribution in [0, 0.1) is 0 Å². The summed E-state index contributed by atoms with van der Waals surface area (Å²) < 4.78 is 2.85. The van der Waals surface area contributed by atoms with Crippen molar-refractivity contribution in [2.24, 2.45) is 7.05 Å². The van der Waals surface area contributed by atoms with Gasteiger partial charge in [-0.15, -0.1) is 16.9 Å². The van der Waals surface area contributed by atoms with Crippen LogP contribution >= 0.6 is 39.3 Å². The topological polar surface area (TPSA) is 30.7 Å². The molecule has 6 heteroatoms. The van der Waals surface area contributed by atoms with E-state index in [0.717, 1.165) is 27.2 Å². The van der Waals surface area contributed by atoms with Gasteiger partial charge in [-0.2, -0.15) is 0 Å². The molecule has 0 amide bonds. The molecule has 3 nitrogen and oxygen atoms in total. The number of aromatic nitrogens is 3. The summed E-state index contributed by atoms with van der Waals surface area (Å²) >= 11 is 11.5. The smallest absolute Gasteiger partial charge is 0.101 e. The first kappa shape index (κ1) is 15.6. The van der Waals surface area contributed by atoms with Crippen molar-refractivity contribution in [3.8, 4) is 11.3 Å². The predicted molar refractivity (Wildman–Crippen MR) is 95.2 cm³/mol. The summed E-state index contributed by atoms with van der Waals surface area (Å²) in [5, 5.41) is 9.15. The first-order chi connectivity index (χ1) is 10.6. The first-order valence-electron chi connectivity index (χ1n) is 6.67. The number of hydrogen-bond donors (Lipinski definition) is 0. The molecule has 0 aliphatic heterocycles. The van der Waals surface area contributed by atoms with Crippen LogP contribution in [0.5, 0.6) is 0 Å². The van der Waals surface area contributed by atoms with Crippen LogP contribution in [0.15, 0.2) is 57.9 Å². The van der Waals surface area contributed by atoms with Gasteiger partial charge in [-0.05, 0) is 30.3 Å². The fourth-order valence-electron chi connectivity index (χ4n) is 2.16. The van der Waals surface area contributed by atoms with E-state index in [1.54, 1.807) is 16.4 Å². The van der Waals surface area contributed by atoms with Gasteiger partial charge in [0.25, 0.3) is 0 Å². The maximum atomic E-state index is 6.31. The van der Waals surface area contributed by atoms with Crippen molar-refractivity contribution in [2.45, 2.75) is 10.6 Å². The monoisotopic (exact) mass is 393 g/mol. The van der Waals surface area contributed by atoms with E-state index in [1.165, 1.54) is 4.90 Å². The van der Waals surface area contributed by atoms with Crippen LogP contribution in [-0.2, 0) is 12.8 Å². The fourth-order valence-corrected chi connectivity index (χ4v) is 3.48. The van der Waals surface area contributed by atoms with Crippen LogP contribution in [0.25, 0.3) is 11.3 Å². The molecule has 1 heterocycles. The molecule has 2 aromatic carbocycles. The summed E-state index contributed by atoms with van der Waals surface area (Å²) in [6.07, 6.45) is 0. The lowest BCUT2D eigenvalue weighted by atomic mass is 10.1. The van der Waals surface area contributed by atoms with Crippen molar-refractivity contribution in [1.82, 2.24) is 15.0 Å². The number of halogens is 2. The molecule has 0 N–H and O–H groups in total. The van der Waals surface area contributed by atoms with Crippen LogP contribution in [0.1, 0.15) is 5.69 Å². The van der Waals surface area contributed by atoms with E-state index in [2.05, 4.69) is 38.4 Å². The second-order valence-electron chi connectivity index (χ2n) is 4.73. The molecule has 0 radical (unpaired) electrons. The van der Waals surface area contributed by atoms with E-state index in [1.807, 2.05) is 43.4 Å². The molecule has 3 rings (SSSR count). The molecular weight excluding hydrogens is 382 g/mol. The number of thioether (sulfide) groups is 1. The molecular formula is C16H13BrClN3S. The zero-order valence-corrected chi connectivity index (χ0v) is 15.0. The van der Waals surface area contributed by atoms with Gasteiger partial charge >= 0.3 is 0 Å². The average Bonchev–Trinajstić information content (AvgIpc) is 2.88. The quantitative estimate of drug-likeness (QED) is 0.570. The number of aryl methyl sites for hydroxylation is 1. The van der Waals surface area contributed by atoms with Crippen molar-refractivity contribution in [2.75, 3.05) is 0 Å². The van der Waals surface area contributed by atoms with Gasteiger partial charge in [-0.1, -0.05) is 50.9 Å². The predicted octanol–water partition coefficient (Wildman–Crippen LogP) is 5.19. The molecule has 0 aliphatic rings. The Hall–Kier alpha value is -1.30. The van der Waals surface area contributed by atoms with Crippen LogP contribution in [0.3, 0.4) is 0 Å². The molecule has 0 saturated carbocycles. The van der Waals surface area contributed by atoms with Crippen molar-refractivity contribution < 1.29 is 0 Å². The Morgan fingerprint density at radius 1 is 1.14 bits per heavy atom. The van der Waals surface area contributed by atoms with Crippen molar-refractivity contribution in [1.29, 1.82) is 0 Å². The Labute approximate surface area is 146 Å². The number of benzene rings is 2. The largest absolute Gasteiger partial charge is 0.247 e. The minimum absolute atomic E-state index is 0.711. The lowest BCUT2D eigenvalue weighted by molar-refractivity contribution is 0.719. The van der Waals surface area contributed by atoms with Crippen LogP contribution in [0.4, 0.5) is 0 Å². The number of hydrogen-bond acceptors (Lipinski definition) is 3. The molecule has 112 valence electrons. The molecule has 0 atom stereocenters. The Bertz CT molecular complexity index is 786. The molecule has 1 aromatic heterocycles. The molecule has 0 saturated heterocycles. The highest BCUT2D eigenvalue weighted by molar-refractivity contribution is 9.10. The van der Waals surface area contributed by atoms with Crippen LogP contribution in [-0.4, -0.2) is 15.0 Å². The van der Waals surface area contributed by atoms with Gasteiger partial charge in [-0.25, -0.2) is 4.68 Å². The third kappa shape index (κ3) is 3.37. The van der Waals surface area contributed by atoms with E-state index in [0.29, 0.717) is 5.02 Å². The SMILES string of the molecule is Cn1nnc(CSc2ccc(Br)cc2)c1-c1ccccc1Cl. The normalized spacial score (nSPS) is 10.9. The minimum atomic E-state index is 0.711. The zero-order valence-electron chi connectivity index (χ0n) is 11.8. The summed E-state index contributed by atoms with van der Waals surface area (Å²) in [5.41, 5.74) is 2.86.